The third-order valence-electron chi connectivity index (χ3n) is 9.18. The molecule has 4 aromatic rings. The number of nitrogens with zero attached hydrogens (tertiary/aromatic N) is 4. The Kier molecular flexibility index (Phi) is 9.16. The van der Waals surface area contributed by atoms with E-state index in [1.165, 1.54) is 0 Å². The second kappa shape index (κ2) is 13.2. The van der Waals surface area contributed by atoms with Crippen molar-refractivity contribution >= 4 is 33.0 Å². The molecule has 2 fully saturated rings. The summed E-state index contributed by atoms with van der Waals surface area (Å²) < 4.78 is 14.2. The molecule has 0 bridgehead atoms. The van der Waals surface area contributed by atoms with E-state index in [-0.39, 0.29) is 29.0 Å². The van der Waals surface area contributed by atoms with Gasteiger partial charge in [0.1, 0.15) is 12.4 Å². The van der Waals surface area contributed by atoms with Gasteiger partial charge >= 0.3 is 5.97 Å². The van der Waals surface area contributed by atoms with Crippen LogP contribution in [0.3, 0.4) is 0 Å². The first-order chi connectivity index (χ1) is 21.7. The predicted octanol–water partition coefficient (Wildman–Crippen LogP) is 5.91. The third-order valence-corrected chi connectivity index (χ3v) is 9.52. The Morgan fingerprint density at radius 1 is 1.07 bits per heavy atom. The highest BCUT2D eigenvalue weighted by Gasteiger charge is 2.35. The van der Waals surface area contributed by atoms with Crippen LogP contribution in [-0.4, -0.2) is 72.3 Å². The fourth-order valence-electron chi connectivity index (χ4n) is 6.51. The summed E-state index contributed by atoms with van der Waals surface area (Å²) in [6, 6.07) is 16.9. The van der Waals surface area contributed by atoms with E-state index in [9.17, 15) is 14.7 Å². The molecule has 233 valence electrons. The molecule has 3 atom stereocenters. The summed E-state index contributed by atoms with van der Waals surface area (Å²) in [7, 11) is 3.88. The first-order valence-corrected chi connectivity index (χ1v) is 16.2. The second-order valence-corrected chi connectivity index (χ2v) is 13.2. The van der Waals surface area contributed by atoms with Crippen LogP contribution < -0.4 is 4.74 Å². The van der Waals surface area contributed by atoms with Crippen molar-refractivity contribution in [1.29, 1.82) is 0 Å². The molecule has 0 saturated carbocycles. The maximum Gasteiger partial charge on any atom is 0.335 e. The van der Waals surface area contributed by atoms with E-state index in [1.54, 1.807) is 19.1 Å². The molecule has 2 aliphatic heterocycles. The van der Waals surface area contributed by atoms with Crippen LogP contribution in [0, 0.1) is 6.92 Å². The number of piperidine rings is 1. The van der Waals surface area contributed by atoms with E-state index >= 15 is 0 Å². The number of carbonyl (C=O) groups is 2. The first kappa shape index (κ1) is 31.1. The predicted molar refractivity (Wildman–Crippen MR) is 172 cm³/mol. The molecule has 45 heavy (non-hydrogen) atoms. The van der Waals surface area contributed by atoms with Gasteiger partial charge in [-0.05, 0) is 93.2 Å². The zero-order valence-corrected chi connectivity index (χ0v) is 27.0. The van der Waals surface area contributed by atoms with Crippen LogP contribution in [0.25, 0.3) is 11.0 Å². The number of aryl methyl sites for hydroxylation is 1. The van der Waals surface area contributed by atoms with E-state index in [1.807, 2.05) is 43.3 Å². The Labute approximate surface area is 267 Å². The fourth-order valence-corrected chi connectivity index (χ4v) is 6.87. The summed E-state index contributed by atoms with van der Waals surface area (Å²) in [4.78, 5) is 35.8. The van der Waals surface area contributed by atoms with Crippen molar-refractivity contribution in [2.45, 2.75) is 76.8 Å². The summed E-state index contributed by atoms with van der Waals surface area (Å²) >= 11 is 0. The normalized spacial score (nSPS) is 18.8. The van der Waals surface area contributed by atoms with E-state index in [0.717, 1.165) is 72.6 Å². The molecule has 0 aliphatic carbocycles. The monoisotopic (exact) mass is 623 g/mol. The number of Topliss-reactive ketones (excluding diaryl/α,β-unsaturated/α-hetero) is 1. The van der Waals surface area contributed by atoms with Gasteiger partial charge in [0.05, 0.1) is 35.3 Å². The van der Waals surface area contributed by atoms with Gasteiger partial charge in [-0.3, -0.25) is 9.69 Å². The average Bonchev–Trinajstić information content (AvgIpc) is 3.34. The lowest BCUT2D eigenvalue weighted by atomic mass is 9.93. The second-order valence-electron chi connectivity index (χ2n) is 12.3. The van der Waals surface area contributed by atoms with Crippen LogP contribution >= 0.6 is 0 Å². The van der Waals surface area contributed by atoms with E-state index < -0.39 is 5.97 Å². The quantitative estimate of drug-likeness (QED) is 0.163. The zero-order chi connectivity index (χ0) is 31.7. The highest BCUT2D eigenvalue weighted by Crippen LogP contribution is 2.37. The van der Waals surface area contributed by atoms with Crippen LogP contribution in [0.1, 0.15) is 88.4 Å². The lowest BCUT2D eigenvalue weighted by Gasteiger charge is -2.39. The molecule has 10 heteroatoms. The minimum Gasteiger partial charge on any atom is -0.478 e. The number of aromatic carboxylic acids is 1. The van der Waals surface area contributed by atoms with E-state index in [2.05, 4.69) is 32.7 Å². The van der Waals surface area contributed by atoms with E-state index in [4.69, 9.17) is 19.4 Å². The Bertz CT molecular complexity index is 1710. The third kappa shape index (κ3) is 6.73. The van der Waals surface area contributed by atoms with Crippen molar-refractivity contribution in [2.24, 2.45) is 0 Å². The molecular weight excluding hydrogens is 584 g/mol. The number of ether oxygens (including phenoxy) is 2. The first-order valence-electron chi connectivity index (χ1n) is 15.7. The van der Waals surface area contributed by atoms with Crippen molar-refractivity contribution < 1.29 is 24.2 Å². The Morgan fingerprint density at radius 2 is 1.82 bits per heavy atom. The Hall–Kier alpha value is -3.86. The molecular formula is C35H39N4O5Si. The SMILES string of the molecule is CC(=O)c1ccc(COc2cccc(C3CCN(Cc4nc5ccc(C(=O)O)cc5n4C(C(C)[Si])[C@@H]4CCO4)CC3)n2)c(C)c1. The highest BCUT2D eigenvalue weighted by atomic mass is 28.1. The lowest BCUT2D eigenvalue weighted by Crippen LogP contribution is -2.40. The number of hydrogen-bond donors (Lipinski definition) is 1. The van der Waals surface area contributed by atoms with Crippen LogP contribution in [-0.2, 0) is 17.9 Å². The van der Waals surface area contributed by atoms with Gasteiger partial charge in [0.2, 0.25) is 5.88 Å². The molecule has 0 spiro atoms. The van der Waals surface area contributed by atoms with Gasteiger partial charge in [0.15, 0.2) is 5.78 Å². The molecule has 9 nitrogen and oxygen atoms in total. The van der Waals surface area contributed by atoms with Crippen molar-refractivity contribution in [1.82, 2.24) is 19.4 Å². The van der Waals surface area contributed by atoms with Crippen molar-refractivity contribution in [2.75, 3.05) is 19.7 Å². The number of hydrogen-bond acceptors (Lipinski definition) is 7. The van der Waals surface area contributed by atoms with Gasteiger partial charge in [0, 0.05) is 40.1 Å². The zero-order valence-electron chi connectivity index (χ0n) is 26.0. The molecule has 2 aliphatic rings. The van der Waals surface area contributed by atoms with Crippen LogP contribution in [0.5, 0.6) is 5.88 Å². The largest absolute Gasteiger partial charge is 0.478 e. The number of likely N-dealkylation sites (tertiary alicyclic amines) is 1. The van der Waals surface area contributed by atoms with Gasteiger partial charge in [-0.2, -0.15) is 0 Å². The number of aromatic nitrogens is 3. The molecule has 2 aromatic heterocycles. The summed E-state index contributed by atoms with van der Waals surface area (Å²) in [5.74, 6) is 0.971. The molecule has 2 saturated heterocycles. The standard InChI is InChI=1S/C35H39N4O5Si/c1-21-17-25(22(2)40)7-8-27(21)20-44-33-6-4-5-28(37-33)24-11-14-38(15-12-24)19-32-36-29-10-9-26(35(41)42)18-30(29)39(32)34(23(3)45)31-13-16-43-31/h4-10,17-18,23-24,31,34H,11-16,19-20H2,1-3H3,(H,41,42)/t23?,31-,34?/m0/s1. The smallest absolute Gasteiger partial charge is 0.335 e. The van der Waals surface area contributed by atoms with Crippen molar-refractivity contribution in [3.05, 3.63) is 88.4 Å². The van der Waals surface area contributed by atoms with Crippen LogP contribution in [0.4, 0.5) is 0 Å². The Balaban J connectivity index is 1.14. The Morgan fingerprint density at radius 3 is 2.47 bits per heavy atom. The number of rotatable bonds is 11. The van der Waals surface area contributed by atoms with Crippen LogP contribution in [0.2, 0.25) is 5.54 Å². The molecule has 6 rings (SSSR count). The molecule has 3 radical (unpaired) electrons. The minimum absolute atomic E-state index is 0.000184. The maximum absolute atomic E-state index is 11.8. The van der Waals surface area contributed by atoms with Gasteiger partial charge in [-0.25, -0.2) is 14.8 Å². The molecule has 2 aromatic carbocycles. The summed E-state index contributed by atoms with van der Waals surface area (Å²) in [5, 5.41) is 9.68. The van der Waals surface area contributed by atoms with Gasteiger partial charge < -0.3 is 19.1 Å². The van der Waals surface area contributed by atoms with Crippen molar-refractivity contribution in [3.63, 3.8) is 0 Å². The van der Waals surface area contributed by atoms with Gasteiger partial charge in [-0.15, -0.1) is 0 Å². The number of benzene rings is 2. The molecule has 2 unspecified atom stereocenters. The van der Waals surface area contributed by atoms with Gasteiger partial charge in [-0.1, -0.05) is 25.1 Å². The number of carbonyl (C=O) groups excluding carboxylic acids is 1. The van der Waals surface area contributed by atoms with Crippen LogP contribution in [0.15, 0.2) is 54.6 Å². The maximum atomic E-state index is 11.8. The molecule has 1 N–H and O–H groups in total. The number of pyridine rings is 1. The van der Waals surface area contributed by atoms with Crippen molar-refractivity contribution in [3.8, 4) is 5.88 Å². The topological polar surface area (TPSA) is 107 Å². The summed E-state index contributed by atoms with van der Waals surface area (Å²) in [6.07, 6.45) is 2.95. The number of fused-ring (bicyclic) bond motifs is 1. The lowest BCUT2D eigenvalue weighted by molar-refractivity contribution is -0.0805. The average molecular weight is 624 g/mol. The number of ketones is 1. The molecule has 0 amide bonds. The number of imidazole rings is 1. The fraction of sp³-hybridized carbons (Fsp3) is 0.429. The number of carboxylic acids is 1. The molecule has 4 heterocycles. The minimum atomic E-state index is -0.947. The number of carboxylic acid groups (broad SMARTS) is 1. The highest BCUT2D eigenvalue weighted by molar-refractivity contribution is 6.11. The van der Waals surface area contributed by atoms with E-state index in [0.29, 0.717) is 30.5 Å². The summed E-state index contributed by atoms with van der Waals surface area (Å²) in [5.41, 5.74) is 5.80. The summed E-state index contributed by atoms with van der Waals surface area (Å²) in [6.45, 7) is 9.29. The van der Waals surface area contributed by atoms with Gasteiger partial charge in [0.25, 0.3) is 0 Å².